The van der Waals surface area contributed by atoms with Crippen LogP contribution in [0.25, 0.3) is 11.3 Å². The molecule has 1 heterocycles. The highest BCUT2D eigenvalue weighted by molar-refractivity contribution is 7.09. The van der Waals surface area contributed by atoms with Crippen molar-refractivity contribution in [2.24, 2.45) is 5.73 Å². The Morgan fingerprint density at radius 1 is 1.09 bits per heavy atom. The Morgan fingerprint density at radius 3 is 2.57 bits per heavy atom. The third-order valence-corrected chi connectivity index (χ3v) is 4.74. The molecule has 2 aromatic carbocycles. The highest BCUT2D eigenvalue weighted by Crippen LogP contribution is 2.37. The zero-order valence-corrected chi connectivity index (χ0v) is 14.5. The number of rotatable bonds is 5. The molecule has 0 aliphatic rings. The lowest BCUT2D eigenvalue weighted by molar-refractivity contribution is 0.306. The van der Waals surface area contributed by atoms with Crippen LogP contribution < -0.4 is 10.5 Å². The van der Waals surface area contributed by atoms with Gasteiger partial charge < -0.3 is 10.5 Å². The predicted octanol–water partition coefficient (Wildman–Crippen LogP) is 5.15. The smallest absolute Gasteiger partial charge is 0.139 e. The van der Waals surface area contributed by atoms with E-state index < -0.39 is 0 Å². The summed E-state index contributed by atoms with van der Waals surface area (Å²) in [6.07, 6.45) is 0. The van der Waals surface area contributed by atoms with Gasteiger partial charge in [-0.25, -0.2) is 4.98 Å². The molecular formula is C17H14Cl2N2OS. The fraction of sp³-hybridized carbons (Fsp3) is 0.118. The summed E-state index contributed by atoms with van der Waals surface area (Å²) < 4.78 is 5.77. The molecular weight excluding hydrogens is 351 g/mol. The summed E-state index contributed by atoms with van der Waals surface area (Å²) in [5.74, 6) is 0.554. The normalized spacial score (nSPS) is 10.7. The first-order chi connectivity index (χ1) is 11.2. The molecule has 0 saturated heterocycles. The van der Waals surface area contributed by atoms with Crippen LogP contribution in [-0.2, 0) is 13.2 Å². The topological polar surface area (TPSA) is 48.1 Å². The van der Waals surface area contributed by atoms with Gasteiger partial charge in [-0.05, 0) is 11.6 Å². The summed E-state index contributed by atoms with van der Waals surface area (Å²) in [5, 5.41) is 3.83. The zero-order valence-electron chi connectivity index (χ0n) is 12.1. The third kappa shape index (κ3) is 3.85. The van der Waals surface area contributed by atoms with Crippen molar-refractivity contribution in [3.05, 3.63) is 68.5 Å². The summed E-state index contributed by atoms with van der Waals surface area (Å²) in [6.45, 7) is 0.846. The fourth-order valence-corrected chi connectivity index (χ4v) is 3.24. The van der Waals surface area contributed by atoms with Crippen LogP contribution in [-0.4, -0.2) is 4.98 Å². The molecule has 0 amide bonds. The summed E-state index contributed by atoms with van der Waals surface area (Å²) in [6, 6.07) is 13.4. The van der Waals surface area contributed by atoms with Crippen LogP contribution in [0.2, 0.25) is 10.0 Å². The number of hydrogen-bond acceptors (Lipinski definition) is 4. The van der Waals surface area contributed by atoms with E-state index >= 15 is 0 Å². The summed E-state index contributed by atoms with van der Waals surface area (Å²) in [7, 11) is 0. The fourth-order valence-electron chi connectivity index (χ4n) is 2.10. The molecule has 23 heavy (non-hydrogen) atoms. The molecule has 0 aliphatic heterocycles. The highest BCUT2D eigenvalue weighted by atomic mass is 35.5. The van der Waals surface area contributed by atoms with Gasteiger partial charge in [-0.2, -0.15) is 0 Å². The van der Waals surface area contributed by atoms with E-state index in [0.29, 0.717) is 28.9 Å². The average Bonchev–Trinajstić information content (AvgIpc) is 3.05. The number of hydrogen-bond donors (Lipinski definition) is 1. The molecule has 0 unspecified atom stereocenters. The van der Waals surface area contributed by atoms with Crippen molar-refractivity contribution in [2.75, 3.05) is 0 Å². The van der Waals surface area contributed by atoms with Gasteiger partial charge in [0.15, 0.2) is 0 Å². The molecule has 6 heteroatoms. The number of nitrogens with two attached hydrogens (primary N) is 1. The molecule has 0 saturated carbocycles. The van der Waals surface area contributed by atoms with Gasteiger partial charge in [0, 0.05) is 23.6 Å². The van der Waals surface area contributed by atoms with Crippen LogP contribution >= 0.6 is 34.5 Å². The molecule has 0 radical (unpaired) electrons. The summed E-state index contributed by atoms with van der Waals surface area (Å²) in [4.78, 5) is 4.43. The van der Waals surface area contributed by atoms with Gasteiger partial charge in [-0.1, -0.05) is 53.5 Å². The van der Waals surface area contributed by atoms with Crippen molar-refractivity contribution in [1.29, 1.82) is 0 Å². The number of benzene rings is 2. The first-order valence-electron chi connectivity index (χ1n) is 6.98. The second kappa shape index (κ2) is 7.32. The lowest BCUT2D eigenvalue weighted by atomic mass is 10.1. The second-order valence-electron chi connectivity index (χ2n) is 4.87. The van der Waals surface area contributed by atoms with Gasteiger partial charge >= 0.3 is 0 Å². The maximum Gasteiger partial charge on any atom is 0.139 e. The van der Waals surface area contributed by atoms with Crippen molar-refractivity contribution < 1.29 is 4.74 Å². The minimum absolute atomic E-state index is 0.411. The van der Waals surface area contributed by atoms with Crippen LogP contribution in [0.4, 0.5) is 0 Å². The number of aromatic nitrogens is 1. The molecule has 3 aromatic rings. The molecule has 0 bridgehead atoms. The Hall–Kier alpha value is -1.59. The zero-order chi connectivity index (χ0) is 16.2. The molecule has 3 nitrogen and oxygen atoms in total. The summed E-state index contributed by atoms with van der Waals surface area (Å²) in [5.41, 5.74) is 8.22. The van der Waals surface area contributed by atoms with E-state index in [0.717, 1.165) is 21.8 Å². The maximum atomic E-state index is 6.36. The largest absolute Gasteiger partial charge is 0.487 e. The Balaban J connectivity index is 1.82. The van der Waals surface area contributed by atoms with Gasteiger partial charge in [0.2, 0.25) is 0 Å². The van der Waals surface area contributed by atoms with Crippen molar-refractivity contribution in [2.45, 2.75) is 13.2 Å². The SMILES string of the molecule is NCc1nc(-c2cc(Cl)c(OCc3ccccc3)cc2Cl)cs1. The maximum absolute atomic E-state index is 6.36. The van der Waals surface area contributed by atoms with Crippen LogP contribution in [0.3, 0.4) is 0 Å². The molecule has 118 valence electrons. The molecule has 3 rings (SSSR count). The number of thiazole rings is 1. The predicted molar refractivity (Wildman–Crippen MR) is 96.2 cm³/mol. The highest BCUT2D eigenvalue weighted by Gasteiger charge is 2.13. The van der Waals surface area contributed by atoms with Gasteiger partial charge in [-0.15, -0.1) is 11.3 Å². The lowest BCUT2D eigenvalue weighted by Gasteiger charge is -2.11. The van der Waals surface area contributed by atoms with E-state index in [2.05, 4.69) is 4.98 Å². The van der Waals surface area contributed by atoms with E-state index in [9.17, 15) is 0 Å². The lowest BCUT2D eigenvalue weighted by Crippen LogP contribution is -1.97. The van der Waals surface area contributed by atoms with Crippen molar-refractivity contribution in [3.8, 4) is 17.0 Å². The number of ether oxygens (including phenoxy) is 1. The van der Waals surface area contributed by atoms with Crippen molar-refractivity contribution in [1.82, 2.24) is 4.98 Å². The average molecular weight is 365 g/mol. The van der Waals surface area contributed by atoms with E-state index in [4.69, 9.17) is 33.7 Å². The number of halogens is 2. The number of nitrogens with zero attached hydrogens (tertiary/aromatic N) is 1. The van der Waals surface area contributed by atoms with Crippen LogP contribution in [0.5, 0.6) is 5.75 Å². The molecule has 0 fully saturated rings. The minimum atomic E-state index is 0.411. The monoisotopic (exact) mass is 364 g/mol. The van der Waals surface area contributed by atoms with E-state index in [1.807, 2.05) is 35.7 Å². The first kappa shape index (κ1) is 16.3. The quantitative estimate of drug-likeness (QED) is 0.680. The Morgan fingerprint density at radius 2 is 1.87 bits per heavy atom. The van der Waals surface area contributed by atoms with Gasteiger partial charge in [-0.3, -0.25) is 0 Å². The van der Waals surface area contributed by atoms with E-state index in [-0.39, 0.29) is 0 Å². The Labute approximate surface area is 148 Å². The Bertz CT molecular complexity index is 806. The Kier molecular flexibility index (Phi) is 5.18. The second-order valence-corrected chi connectivity index (χ2v) is 6.62. The summed E-state index contributed by atoms with van der Waals surface area (Å²) >= 11 is 14.2. The minimum Gasteiger partial charge on any atom is -0.487 e. The van der Waals surface area contributed by atoms with Crippen LogP contribution in [0.15, 0.2) is 47.8 Å². The molecule has 1 aromatic heterocycles. The van der Waals surface area contributed by atoms with Gasteiger partial charge in [0.25, 0.3) is 0 Å². The molecule has 0 spiro atoms. The third-order valence-electron chi connectivity index (χ3n) is 3.26. The molecule has 0 atom stereocenters. The van der Waals surface area contributed by atoms with E-state index in [1.54, 1.807) is 12.1 Å². The van der Waals surface area contributed by atoms with Gasteiger partial charge in [0.1, 0.15) is 17.4 Å². The standard InChI is InChI=1S/C17H14Cl2N2OS/c18-13-7-16(22-9-11-4-2-1-3-5-11)14(19)6-12(13)15-10-23-17(8-20)21-15/h1-7,10H,8-9,20H2. The van der Waals surface area contributed by atoms with Crippen LogP contribution in [0.1, 0.15) is 10.6 Å². The van der Waals surface area contributed by atoms with E-state index in [1.165, 1.54) is 11.3 Å². The molecule has 0 aliphatic carbocycles. The van der Waals surface area contributed by atoms with Crippen molar-refractivity contribution in [3.63, 3.8) is 0 Å². The van der Waals surface area contributed by atoms with Gasteiger partial charge in [0.05, 0.1) is 15.7 Å². The first-order valence-corrected chi connectivity index (χ1v) is 8.61. The van der Waals surface area contributed by atoms with Crippen molar-refractivity contribution >= 4 is 34.5 Å². The van der Waals surface area contributed by atoms with Crippen LogP contribution in [0, 0.1) is 0 Å². The molecule has 2 N–H and O–H groups in total.